The molecule has 0 saturated carbocycles. The Kier molecular flexibility index (Phi) is 12.9. The Morgan fingerprint density at radius 1 is 1.14 bits per heavy atom. The highest BCUT2D eigenvalue weighted by atomic mass is 16.5. The van der Waals surface area contributed by atoms with Crippen LogP contribution >= 0.6 is 0 Å². The number of aliphatic hydroxyl groups is 2. The first kappa shape index (κ1) is 19.7. The van der Waals surface area contributed by atoms with Crippen molar-refractivity contribution in [3.63, 3.8) is 0 Å². The molecule has 0 bridgehead atoms. The molecular formula is C18H28O3. The van der Waals surface area contributed by atoms with Crippen LogP contribution in [0.25, 0.3) is 0 Å². The lowest BCUT2D eigenvalue weighted by atomic mass is 10.0. The van der Waals surface area contributed by atoms with Crippen LogP contribution in [-0.4, -0.2) is 35.6 Å². The second-order valence-corrected chi connectivity index (χ2v) is 5.00. The maximum absolute atomic E-state index is 10.0. The minimum absolute atomic E-state index is 0.173. The first-order chi connectivity index (χ1) is 10.2. The van der Waals surface area contributed by atoms with Crippen molar-refractivity contribution in [2.75, 3.05) is 7.11 Å². The Bertz CT molecular complexity index is 381. The van der Waals surface area contributed by atoms with Crippen molar-refractivity contribution in [1.29, 1.82) is 0 Å². The minimum Gasteiger partial charge on any atom is -0.389 e. The van der Waals surface area contributed by atoms with Gasteiger partial charge in [0.2, 0.25) is 0 Å². The number of unbranched alkanes of at least 4 members (excludes halogenated alkanes) is 4. The lowest BCUT2D eigenvalue weighted by Gasteiger charge is -2.19. The van der Waals surface area contributed by atoms with Crippen molar-refractivity contribution >= 4 is 0 Å². The normalized spacial score (nSPS) is 14.1. The van der Waals surface area contributed by atoms with Gasteiger partial charge in [0.15, 0.2) is 0 Å². The smallest absolute Gasteiger partial charge is 0.134 e. The van der Waals surface area contributed by atoms with Gasteiger partial charge < -0.3 is 14.9 Å². The molecular weight excluding hydrogens is 264 g/mol. The van der Waals surface area contributed by atoms with Crippen LogP contribution in [0.4, 0.5) is 0 Å². The summed E-state index contributed by atoms with van der Waals surface area (Å²) >= 11 is 0. The molecule has 0 amide bonds. The monoisotopic (exact) mass is 292 g/mol. The van der Waals surface area contributed by atoms with Gasteiger partial charge in [-0.15, -0.1) is 0 Å². The molecule has 0 rings (SSSR count). The van der Waals surface area contributed by atoms with Crippen molar-refractivity contribution in [2.24, 2.45) is 0 Å². The summed E-state index contributed by atoms with van der Waals surface area (Å²) in [6, 6.07) is 0. The summed E-state index contributed by atoms with van der Waals surface area (Å²) < 4.78 is 5.32. The minimum atomic E-state index is -0.848. The molecule has 0 aliphatic carbocycles. The summed E-state index contributed by atoms with van der Waals surface area (Å²) in [7, 11) is 1.62. The van der Waals surface area contributed by atoms with Crippen LogP contribution < -0.4 is 0 Å². The van der Waals surface area contributed by atoms with Gasteiger partial charge in [-0.1, -0.05) is 63.5 Å². The highest BCUT2D eigenvalue weighted by Gasteiger charge is 2.16. The number of rotatable bonds is 10. The molecule has 21 heavy (non-hydrogen) atoms. The standard InChI is InChI=1S/C18H28O3/c1-4-6-7-8-12-15-18(21-3)17(20)14-11-9-10-13-16(19)5-2/h5,16-20H,2,4,6-8,12,14-15H2,1,3H3/t16-,17-,18-/m1/s1. The molecule has 0 aromatic rings. The van der Waals surface area contributed by atoms with Gasteiger partial charge >= 0.3 is 0 Å². The average molecular weight is 292 g/mol. The molecule has 0 heterocycles. The van der Waals surface area contributed by atoms with Gasteiger partial charge in [-0.2, -0.15) is 0 Å². The SMILES string of the molecule is C=C[C@@H](O)C#CC#CC[C@@H](O)[C@@H](CCCCCCC)OC. The van der Waals surface area contributed by atoms with E-state index in [0.717, 1.165) is 12.8 Å². The predicted molar refractivity (Wildman–Crippen MR) is 86.6 cm³/mol. The zero-order chi connectivity index (χ0) is 15.9. The summed E-state index contributed by atoms with van der Waals surface area (Å²) in [5.41, 5.74) is 0. The fourth-order valence-electron chi connectivity index (χ4n) is 1.92. The number of ether oxygens (including phenoxy) is 1. The van der Waals surface area contributed by atoms with E-state index in [1.165, 1.54) is 31.8 Å². The summed E-state index contributed by atoms with van der Waals surface area (Å²) in [5, 5.41) is 19.1. The molecule has 3 heteroatoms. The van der Waals surface area contributed by atoms with E-state index in [-0.39, 0.29) is 6.10 Å². The van der Waals surface area contributed by atoms with Crippen molar-refractivity contribution in [1.82, 2.24) is 0 Å². The van der Waals surface area contributed by atoms with E-state index in [2.05, 4.69) is 37.2 Å². The Hall–Kier alpha value is -1.26. The number of aliphatic hydroxyl groups excluding tert-OH is 2. The molecule has 0 aromatic carbocycles. The van der Waals surface area contributed by atoms with Crippen LogP contribution in [0.15, 0.2) is 12.7 Å². The maximum atomic E-state index is 10.0. The van der Waals surface area contributed by atoms with E-state index in [1.54, 1.807) is 7.11 Å². The van der Waals surface area contributed by atoms with Gasteiger partial charge in [-0.3, -0.25) is 0 Å². The van der Waals surface area contributed by atoms with E-state index < -0.39 is 12.2 Å². The maximum Gasteiger partial charge on any atom is 0.134 e. The third kappa shape index (κ3) is 11.1. The zero-order valence-electron chi connectivity index (χ0n) is 13.3. The summed E-state index contributed by atoms with van der Waals surface area (Å²) in [5.74, 6) is 10.4. The fourth-order valence-corrected chi connectivity index (χ4v) is 1.92. The lowest BCUT2D eigenvalue weighted by molar-refractivity contribution is -0.0146. The van der Waals surface area contributed by atoms with Gasteiger partial charge in [0.1, 0.15) is 6.10 Å². The van der Waals surface area contributed by atoms with Crippen molar-refractivity contribution < 1.29 is 14.9 Å². The fraction of sp³-hybridized carbons (Fsp3) is 0.667. The van der Waals surface area contributed by atoms with E-state index in [0.29, 0.717) is 6.42 Å². The largest absolute Gasteiger partial charge is 0.389 e. The quantitative estimate of drug-likeness (QED) is 0.370. The molecule has 0 aliphatic rings. The van der Waals surface area contributed by atoms with E-state index >= 15 is 0 Å². The Balaban J connectivity index is 4.03. The van der Waals surface area contributed by atoms with Crippen molar-refractivity contribution in [3.8, 4) is 23.7 Å². The molecule has 0 spiro atoms. The second-order valence-electron chi connectivity index (χ2n) is 5.00. The summed E-state index contributed by atoms with van der Waals surface area (Å²) in [6.45, 7) is 5.60. The summed E-state index contributed by atoms with van der Waals surface area (Å²) in [6.07, 6.45) is 6.87. The van der Waals surface area contributed by atoms with E-state index in [1.807, 2.05) is 0 Å². The van der Waals surface area contributed by atoms with Crippen LogP contribution in [0, 0.1) is 23.7 Å². The third-order valence-corrected chi connectivity index (χ3v) is 3.23. The number of methoxy groups -OCH3 is 1. The molecule has 0 saturated heterocycles. The Morgan fingerprint density at radius 2 is 1.86 bits per heavy atom. The highest BCUT2D eigenvalue weighted by molar-refractivity contribution is 5.28. The molecule has 0 fully saturated rings. The molecule has 0 aliphatic heterocycles. The lowest BCUT2D eigenvalue weighted by Crippen LogP contribution is -2.27. The molecule has 0 unspecified atom stereocenters. The number of hydrogen-bond donors (Lipinski definition) is 2. The van der Waals surface area contributed by atoms with Gasteiger partial charge in [0.25, 0.3) is 0 Å². The van der Waals surface area contributed by atoms with Crippen molar-refractivity contribution in [2.45, 2.75) is 70.2 Å². The molecule has 3 nitrogen and oxygen atoms in total. The highest BCUT2D eigenvalue weighted by Crippen LogP contribution is 2.13. The second kappa shape index (κ2) is 13.7. The van der Waals surface area contributed by atoms with E-state index in [4.69, 9.17) is 9.84 Å². The van der Waals surface area contributed by atoms with Gasteiger partial charge in [0, 0.05) is 13.5 Å². The van der Waals surface area contributed by atoms with Gasteiger partial charge in [-0.05, 0) is 18.3 Å². The molecule has 0 aromatic heterocycles. The van der Waals surface area contributed by atoms with E-state index in [9.17, 15) is 5.11 Å². The van der Waals surface area contributed by atoms with Crippen LogP contribution in [-0.2, 0) is 4.74 Å². The Labute approximate surface area is 129 Å². The topological polar surface area (TPSA) is 49.7 Å². The Morgan fingerprint density at radius 3 is 2.48 bits per heavy atom. The van der Waals surface area contributed by atoms with Crippen LogP contribution in [0.3, 0.4) is 0 Å². The summed E-state index contributed by atoms with van der Waals surface area (Å²) in [4.78, 5) is 0. The molecule has 0 radical (unpaired) electrons. The molecule has 2 N–H and O–H groups in total. The molecule has 3 atom stereocenters. The van der Waals surface area contributed by atoms with Crippen LogP contribution in [0.5, 0.6) is 0 Å². The first-order valence-corrected chi connectivity index (χ1v) is 7.65. The van der Waals surface area contributed by atoms with Gasteiger partial charge in [-0.25, -0.2) is 0 Å². The van der Waals surface area contributed by atoms with Gasteiger partial charge in [0.05, 0.1) is 12.2 Å². The zero-order valence-corrected chi connectivity index (χ0v) is 13.3. The first-order valence-electron chi connectivity index (χ1n) is 7.65. The van der Waals surface area contributed by atoms with Crippen LogP contribution in [0.2, 0.25) is 0 Å². The average Bonchev–Trinajstić information content (AvgIpc) is 2.50. The van der Waals surface area contributed by atoms with Crippen molar-refractivity contribution in [3.05, 3.63) is 12.7 Å². The number of hydrogen-bond acceptors (Lipinski definition) is 3. The third-order valence-electron chi connectivity index (χ3n) is 3.23. The molecule has 118 valence electrons. The van der Waals surface area contributed by atoms with Crippen LogP contribution in [0.1, 0.15) is 51.9 Å². The predicted octanol–water partition coefficient (Wildman–Crippen LogP) is 2.67.